The molecule has 3 rings (SSSR count). The maximum Gasteiger partial charge on any atom is 0.356 e. The number of carboxylic acids is 1. The Bertz CT molecular complexity index is 1030. The number of pyridine rings is 1. The van der Waals surface area contributed by atoms with Crippen LogP contribution in [0.2, 0.25) is 0 Å². The summed E-state index contributed by atoms with van der Waals surface area (Å²) in [5.74, 6) is -2.08. The van der Waals surface area contributed by atoms with Crippen molar-refractivity contribution in [1.29, 1.82) is 0 Å². The molecular formula is C16H12N4O4. The fourth-order valence-corrected chi connectivity index (χ4v) is 2.33. The van der Waals surface area contributed by atoms with Crippen LogP contribution in [-0.2, 0) is 7.05 Å². The number of benzene rings is 1. The van der Waals surface area contributed by atoms with Crippen molar-refractivity contribution in [3.05, 3.63) is 64.2 Å². The SMILES string of the molecule is Cn1nc(C(=O)Nc2cccnc2C(=O)O)c(=O)c2ccccc21. The molecule has 0 bridgehead atoms. The first-order valence-electron chi connectivity index (χ1n) is 6.94. The van der Waals surface area contributed by atoms with E-state index in [1.165, 1.54) is 23.0 Å². The number of aryl methyl sites for hydroxylation is 1. The number of para-hydroxylation sites is 1. The van der Waals surface area contributed by atoms with Crippen LogP contribution in [0.15, 0.2) is 47.4 Å². The van der Waals surface area contributed by atoms with Crippen molar-refractivity contribution in [3.8, 4) is 0 Å². The van der Waals surface area contributed by atoms with Gasteiger partial charge in [-0.3, -0.25) is 14.3 Å². The number of nitrogens with zero attached hydrogens (tertiary/aromatic N) is 3. The van der Waals surface area contributed by atoms with Gasteiger partial charge in [0.1, 0.15) is 0 Å². The number of carboxylic acid groups (broad SMARTS) is 1. The Hall–Kier alpha value is -3.55. The first kappa shape index (κ1) is 15.3. The summed E-state index contributed by atoms with van der Waals surface area (Å²) in [6.45, 7) is 0. The molecule has 1 aromatic carbocycles. The highest BCUT2D eigenvalue weighted by Crippen LogP contribution is 2.13. The van der Waals surface area contributed by atoms with Gasteiger partial charge in [0, 0.05) is 18.6 Å². The number of nitrogens with one attached hydrogen (secondary N) is 1. The topological polar surface area (TPSA) is 114 Å². The molecule has 0 fully saturated rings. The van der Waals surface area contributed by atoms with Crippen molar-refractivity contribution in [3.63, 3.8) is 0 Å². The molecule has 2 N–H and O–H groups in total. The van der Waals surface area contributed by atoms with E-state index in [9.17, 15) is 14.4 Å². The quantitative estimate of drug-likeness (QED) is 0.750. The van der Waals surface area contributed by atoms with Crippen LogP contribution in [0.5, 0.6) is 0 Å². The van der Waals surface area contributed by atoms with Crippen LogP contribution in [0.4, 0.5) is 5.69 Å². The molecule has 3 aromatic rings. The number of amides is 1. The number of hydrogen-bond acceptors (Lipinski definition) is 5. The number of hydrogen-bond donors (Lipinski definition) is 2. The average Bonchev–Trinajstić information content (AvgIpc) is 2.58. The molecule has 1 amide bonds. The zero-order chi connectivity index (χ0) is 17.3. The van der Waals surface area contributed by atoms with Gasteiger partial charge < -0.3 is 10.4 Å². The number of carbonyl (C=O) groups excluding carboxylic acids is 1. The summed E-state index contributed by atoms with van der Waals surface area (Å²) in [6.07, 6.45) is 1.30. The predicted octanol–water partition coefficient (Wildman–Crippen LogP) is 1.28. The van der Waals surface area contributed by atoms with Crippen LogP contribution in [0.1, 0.15) is 21.0 Å². The standard InChI is InChI=1S/C16H12N4O4/c1-20-11-7-3-2-5-9(11)14(21)13(19-20)15(22)18-10-6-4-8-17-12(10)16(23)24/h2-8H,1H3,(H,18,22)(H,23,24). The lowest BCUT2D eigenvalue weighted by Gasteiger charge is -2.09. The highest BCUT2D eigenvalue weighted by atomic mass is 16.4. The highest BCUT2D eigenvalue weighted by Gasteiger charge is 2.19. The zero-order valence-electron chi connectivity index (χ0n) is 12.6. The molecule has 8 heteroatoms. The van der Waals surface area contributed by atoms with Crippen molar-refractivity contribution in [2.75, 3.05) is 5.32 Å². The molecule has 0 saturated heterocycles. The molecule has 24 heavy (non-hydrogen) atoms. The van der Waals surface area contributed by atoms with Gasteiger partial charge >= 0.3 is 5.97 Å². The molecule has 0 aliphatic heterocycles. The minimum atomic E-state index is -1.29. The second-order valence-corrected chi connectivity index (χ2v) is 4.98. The van der Waals surface area contributed by atoms with E-state index in [4.69, 9.17) is 5.11 Å². The number of carbonyl (C=O) groups is 2. The van der Waals surface area contributed by atoms with Gasteiger partial charge in [0.05, 0.1) is 11.2 Å². The molecule has 0 saturated carbocycles. The maximum atomic E-state index is 12.5. The Kier molecular flexibility index (Phi) is 3.78. The second-order valence-electron chi connectivity index (χ2n) is 4.98. The van der Waals surface area contributed by atoms with Gasteiger partial charge in [-0.25, -0.2) is 9.78 Å². The fraction of sp³-hybridized carbons (Fsp3) is 0.0625. The molecule has 0 unspecified atom stereocenters. The second kappa shape index (κ2) is 5.92. The van der Waals surface area contributed by atoms with Crippen LogP contribution in [0.3, 0.4) is 0 Å². The lowest BCUT2D eigenvalue weighted by molar-refractivity contribution is 0.0691. The van der Waals surface area contributed by atoms with Crippen LogP contribution in [0, 0.1) is 0 Å². The predicted molar refractivity (Wildman–Crippen MR) is 86.1 cm³/mol. The van der Waals surface area contributed by atoms with E-state index < -0.39 is 17.3 Å². The van der Waals surface area contributed by atoms with Gasteiger partial charge in [0.15, 0.2) is 11.4 Å². The van der Waals surface area contributed by atoms with Crippen molar-refractivity contribution in [1.82, 2.24) is 14.8 Å². The fourth-order valence-electron chi connectivity index (χ4n) is 2.33. The minimum Gasteiger partial charge on any atom is -0.476 e. The van der Waals surface area contributed by atoms with Crippen molar-refractivity contribution < 1.29 is 14.7 Å². The zero-order valence-corrected chi connectivity index (χ0v) is 12.6. The van der Waals surface area contributed by atoms with Crippen molar-refractivity contribution >= 4 is 28.5 Å². The third kappa shape index (κ3) is 2.60. The summed E-state index contributed by atoms with van der Waals surface area (Å²) < 4.78 is 1.42. The first-order valence-corrected chi connectivity index (χ1v) is 6.94. The smallest absolute Gasteiger partial charge is 0.356 e. The molecule has 2 aromatic heterocycles. The number of aromatic carboxylic acids is 1. The number of aromatic nitrogens is 3. The highest BCUT2D eigenvalue weighted by molar-refractivity contribution is 6.07. The van der Waals surface area contributed by atoms with E-state index in [1.807, 2.05) is 0 Å². The molecular weight excluding hydrogens is 312 g/mol. The van der Waals surface area contributed by atoms with Crippen molar-refractivity contribution in [2.24, 2.45) is 7.05 Å². The lowest BCUT2D eigenvalue weighted by Crippen LogP contribution is -2.27. The molecule has 0 aliphatic rings. The molecule has 2 heterocycles. The van der Waals surface area contributed by atoms with Crippen molar-refractivity contribution in [2.45, 2.75) is 0 Å². The summed E-state index contributed by atoms with van der Waals surface area (Å²) in [7, 11) is 1.62. The average molecular weight is 324 g/mol. The van der Waals surface area contributed by atoms with Crippen LogP contribution in [-0.4, -0.2) is 31.7 Å². The van der Waals surface area contributed by atoms with Crippen LogP contribution in [0.25, 0.3) is 10.9 Å². The largest absolute Gasteiger partial charge is 0.476 e. The van der Waals surface area contributed by atoms with Gasteiger partial charge in [0.25, 0.3) is 5.91 Å². The first-order chi connectivity index (χ1) is 11.5. The van der Waals surface area contributed by atoms with Gasteiger partial charge in [-0.2, -0.15) is 5.10 Å². The van der Waals surface area contributed by atoms with E-state index in [0.29, 0.717) is 10.9 Å². The Morgan fingerprint density at radius 1 is 1.12 bits per heavy atom. The summed E-state index contributed by atoms with van der Waals surface area (Å²) in [4.78, 5) is 39.7. The number of rotatable bonds is 3. The van der Waals surface area contributed by atoms with Crippen LogP contribution < -0.4 is 10.7 Å². The minimum absolute atomic E-state index is 0.00740. The van der Waals surface area contributed by atoms with Gasteiger partial charge in [0.2, 0.25) is 5.43 Å². The summed E-state index contributed by atoms with van der Waals surface area (Å²) in [6, 6.07) is 9.64. The van der Waals surface area contributed by atoms with E-state index >= 15 is 0 Å². The van der Waals surface area contributed by atoms with Gasteiger partial charge in [-0.15, -0.1) is 0 Å². The van der Waals surface area contributed by atoms with E-state index in [0.717, 1.165) is 0 Å². The van der Waals surface area contributed by atoms with E-state index in [2.05, 4.69) is 15.4 Å². The normalized spacial score (nSPS) is 10.5. The third-order valence-corrected chi connectivity index (χ3v) is 3.44. The monoisotopic (exact) mass is 324 g/mol. The summed E-state index contributed by atoms with van der Waals surface area (Å²) in [5.41, 5.74) is -0.583. The number of fused-ring (bicyclic) bond motifs is 1. The maximum absolute atomic E-state index is 12.5. The Morgan fingerprint density at radius 3 is 2.62 bits per heavy atom. The Morgan fingerprint density at radius 2 is 1.88 bits per heavy atom. The van der Waals surface area contributed by atoms with E-state index in [-0.39, 0.29) is 17.1 Å². The molecule has 120 valence electrons. The van der Waals surface area contributed by atoms with E-state index in [1.54, 1.807) is 31.3 Å². The molecule has 0 spiro atoms. The summed E-state index contributed by atoms with van der Waals surface area (Å²) in [5, 5.41) is 15.8. The van der Waals surface area contributed by atoms with Gasteiger partial charge in [-0.1, -0.05) is 12.1 Å². The summed E-state index contributed by atoms with van der Waals surface area (Å²) >= 11 is 0. The number of anilines is 1. The van der Waals surface area contributed by atoms with Gasteiger partial charge in [-0.05, 0) is 24.3 Å². The Labute approximate surface area is 135 Å². The third-order valence-electron chi connectivity index (χ3n) is 3.44. The molecule has 0 aliphatic carbocycles. The van der Waals surface area contributed by atoms with Crippen LogP contribution >= 0.6 is 0 Å². The molecule has 0 atom stereocenters. The Balaban J connectivity index is 2.06. The molecule has 0 radical (unpaired) electrons. The lowest BCUT2D eigenvalue weighted by atomic mass is 10.2. The molecule has 8 nitrogen and oxygen atoms in total.